The number of nitrogens with one attached hydrogen (secondary N) is 1. The highest BCUT2D eigenvalue weighted by molar-refractivity contribution is 5.61. The lowest BCUT2D eigenvalue weighted by atomic mass is 10.1. The van der Waals surface area contributed by atoms with Crippen molar-refractivity contribution in [3.63, 3.8) is 0 Å². The van der Waals surface area contributed by atoms with E-state index < -0.39 is 0 Å². The van der Waals surface area contributed by atoms with Gasteiger partial charge in [-0.05, 0) is 101 Å². The summed E-state index contributed by atoms with van der Waals surface area (Å²) in [7, 11) is 0. The maximum Gasteiger partial charge on any atom is 0.0530 e. The normalized spacial score (nSPS) is 14.2. The van der Waals surface area contributed by atoms with Crippen molar-refractivity contribution in [3.8, 4) is 0 Å². The van der Waals surface area contributed by atoms with E-state index in [1.54, 1.807) is 0 Å². The number of hydrogen-bond donors (Lipinski definition) is 1. The fourth-order valence-electron chi connectivity index (χ4n) is 4.58. The fourth-order valence-corrected chi connectivity index (χ4v) is 4.58. The average Bonchev–Trinajstić information content (AvgIpc) is 3.00. The molecule has 0 aliphatic carbocycles. The van der Waals surface area contributed by atoms with Crippen LogP contribution in [-0.4, -0.2) is 6.54 Å². The van der Waals surface area contributed by atoms with Gasteiger partial charge in [0.05, 0.1) is 5.69 Å². The molecule has 2 nitrogen and oxygen atoms in total. The first-order chi connectivity index (χ1) is 21.4. The quantitative estimate of drug-likeness (QED) is 0.206. The van der Waals surface area contributed by atoms with Crippen LogP contribution < -0.4 is 20.7 Å². The van der Waals surface area contributed by atoms with Crippen molar-refractivity contribution in [1.29, 1.82) is 0 Å². The monoisotopic (exact) mass is 586 g/mol. The van der Waals surface area contributed by atoms with E-state index in [0.717, 1.165) is 47.3 Å². The molecule has 1 aromatic rings. The average molecular weight is 587 g/mol. The van der Waals surface area contributed by atoms with Gasteiger partial charge in [0.1, 0.15) is 0 Å². The van der Waals surface area contributed by atoms with Crippen molar-refractivity contribution in [3.05, 3.63) is 173 Å². The summed E-state index contributed by atoms with van der Waals surface area (Å²) in [6.45, 7) is 23.3. The zero-order chi connectivity index (χ0) is 32.6. The molecule has 232 valence electrons. The highest BCUT2D eigenvalue weighted by atomic mass is 15.1. The van der Waals surface area contributed by atoms with Gasteiger partial charge in [-0.15, -0.1) is 0 Å². The van der Waals surface area contributed by atoms with E-state index in [9.17, 15) is 0 Å². The molecular weight excluding hydrogens is 532 g/mol. The van der Waals surface area contributed by atoms with Gasteiger partial charge in [0.25, 0.3) is 0 Å². The molecule has 0 fully saturated rings. The lowest BCUT2D eigenvalue weighted by Crippen LogP contribution is -2.32. The van der Waals surface area contributed by atoms with E-state index in [1.807, 2.05) is 38.2 Å². The Morgan fingerprint density at radius 3 is 2.07 bits per heavy atom. The SMILES string of the molecule is C=C/C=C(C)\C=C\N(C(/C=C/C)=C/C=C)c1ccccccc(C/C=C\C(C)=C/CNC(/C=C\C)=C/CC)c(=C/C)/c1=C\C. The molecule has 0 spiro atoms. The van der Waals surface area contributed by atoms with Crippen molar-refractivity contribution in [2.75, 3.05) is 11.4 Å². The minimum atomic E-state index is 0.790. The van der Waals surface area contributed by atoms with Crippen LogP contribution in [-0.2, 0) is 6.42 Å². The van der Waals surface area contributed by atoms with Crippen LogP contribution in [0.4, 0.5) is 5.69 Å². The van der Waals surface area contributed by atoms with E-state index in [4.69, 9.17) is 0 Å². The third kappa shape index (κ3) is 13.6. The van der Waals surface area contributed by atoms with E-state index in [1.165, 1.54) is 16.4 Å². The van der Waals surface area contributed by atoms with Gasteiger partial charge in [0.15, 0.2) is 0 Å². The summed E-state index contributed by atoms with van der Waals surface area (Å²) in [5.41, 5.74) is 6.82. The smallest absolute Gasteiger partial charge is 0.0530 e. The molecule has 0 radical (unpaired) electrons. The maximum absolute atomic E-state index is 3.98. The number of hydrogen-bond acceptors (Lipinski definition) is 2. The van der Waals surface area contributed by atoms with Crippen LogP contribution in [0.15, 0.2) is 157 Å². The molecule has 44 heavy (non-hydrogen) atoms. The van der Waals surface area contributed by atoms with Gasteiger partial charge in [0, 0.05) is 29.4 Å². The number of rotatable bonds is 15. The van der Waals surface area contributed by atoms with E-state index in [2.05, 4.69) is 167 Å². The van der Waals surface area contributed by atoms with Gasteiger partial charge in [-0.25, -0.2) is 0 Å². The van der Waals surface area contributed by atoms with Gasteiger partial charge in [0.2, 0.25) is 0 Å². The van der Waals surface area contributed by atoms with E-state index >= 15 is 0 Å². The molecular formula is C42H54N2. The van der Waals surface area contributed by atoms with Crippen molar-refractivity contribution in [2.45, 2.75) is 61.3 Å². The summed E-state index contributed by atoms with van der Waals surface area (Å²) in [4.78, 5) is 2.22. The summed E-state index contributed by atoms with van der Waals surface area (Å²) in [6.07, 6.45) is 35.4. The van der Waals surface area contributed by atoms with Crippen molar-refractivity contribution in [1.82, 2.24) is 5.32 Å². The first-order valence-corrected chi connectivity index (χ1v) is 15.6. The van der Waals surface area contributed by atoms with Crippen LogP contribution >= 0.6 is 0 Å². The molecule has 0 atom stereocenters. The number of anilines is 1. The molecule has 0 amide bonds. The molecule has 0 aliphatic heterocycles. The molecule has 0 aromatic heterocycles. The summed E-state index contributed by atoms with van der Waals surface area (Å²) in [6, 6.07) is 12.8. The Kier molecular flexibility index (Phi) is 19.6. The predicted octanol–water partition coefficient (Wildman–Crippen LogP) is 10.0. The summed E-state index contributed by atoms with van der Waals surface area (Å²) in [5.74, 6) is 0. The standard InChI is InChI=1S/C42H54N2/c1-10-22-35(8)32-34-44(39(25-13-4)26-14-5)42-30-20-18-17-19-28-37(40(15-6)41(42)16-7)29-21-27-36(9)31-33-43-38(23-11-2)24-12-3/h10-11,13-28,30-32,34,43H,1,4,12,29,33H2,2-3,5-9H3/b19-17?,20-18?,23-11-,26-14+,27-21-,34-32+,35-22-,36-31-,37-28?,38-24+,39-25+,40-15-,41-16+,42-30?. The number of nitrogens with zero attached hydrogens (tertiary/aromatic N) is 1. The van der Waals surface area contributed by atoms with E-state index in [0.29, 0.717) is 0 Å². The molecule has 0 bridgehead atoms. The molecule has 0 unspecified atom stereocenters. The van der Waals surface area contributed by atoms with Crippen molar-refractivity contribution in [2.24, 2.45) is 0 Å². The van der Waals surface area contributed by atoms with Gasteiger partial charge < -0.3 is 10.2 Å². The Hall–Kier alpha value is -4.56. The second-order valence-electron chi connectivity index (χ2n) is 10.1. The zero-order valence-corrected chi connectivity index (χ0v) is 28.2. The van der Waals surface area contributed by atoms with Crippen LogP contribution in [0, 0.1) is 0 Å². The molecule has 0 saturated heterocycles. The third-order valence-electron chi connectivity index (χ3n) is 6.62. The fraction of sp³-hybridized carbons (Fsp3) is 0.238. The lowest BCUT2D eigenvalue weighted by Gasteiger charge is -2.23. The van der Waals surface area contributed by atoms with Crippen LogP contribution in [0.3, 0.4) is 0 Å². The molecule has 0 aliphatic rings. The van der Waals surface area contributed by atoms with E-state index in [-0.39, 0.29) is 0 Å². The summed E-state index contributed by atoms with van der Waals surface area (Å²) >= 11 is 0. The van der Waals surface area contributed by atoms with Crippen LogP contribution in [0.2, 0.25) is 0 Å². The molecule has 1 aromatic carbocycles. The number of allylic oxidation sites excluding steroid dienone is 14. The van der Waals surface area contributed by atoms with Crippen LogP contribution in [0.1, 0.15) is 60.5 Å². The summed E-state index contributed by atoms with van der Waals surface area (Å²) < 4.78 is 0. The molecule has 0 saturated carbocycles. The van der Waals surface area contributed by atoms with Gasteiger partial charge >= 0.3 is 0 Å². The third-order valence-corrected chi connectivity index (χ3v) is 6.62. The molecule has 1 N–H and O–H groups in total. The second-order valence-corrected chi connectivity index (χ2v) is 10.1. The first kappa shape index (κ1) is 37.5. The maximum atomic E-state index is 3.98. The Morgan fingerprint density at radius 2 is 1.45 bits per heavy atom. The largest absolute Gasteiger partial charge is 0.382 e. The highest BCUT2D eigenvalue weighted by Gasteiger charge is 2.09. The highest BCUT2D eigenvalue weighted by Crippen LogP contribution is 2.17. The Balaban J connectivity index is 3.80. The van der Waals surface area contributed by atoms with Crippen molar-refractivity contribution < 1.29 is 0 Å². The predicted molar refractivity (Wildman–Crippen MR) is 200 cm³/mol. The molecule has 0 heterocycles. The Labute approximate surface area is 268 Å². The van der Waals surface area contributed by atoms with Gasteiger partial charge in [-0.3, -0.25) is 0 Å². The zero-order valence-electron chi connectivity index (χ0n) is 28.2. The lowest BCUT2D eigenvalue weighted by molar-refractivity contribution is 0.917. The van der Waals surface area contributed by atoms with Gasteiger partial charge in [-0.2, -0.15) is 0 Å². The topological polar surface area (TPSA) is 15.3 Å². The minimum Gasteiger partial charge on any atom is -0.382 e. The Morgan fingerprint density at radius 1 is 0.773 bits per heavy atom. The second kappa shape index (κ2) is 23.0. The van der Waals surface area contributed by atoms with Crippen LogP contribution in [0.5, 0.6) is 0 Å². The van der Waals surface area contributed by atoms with Crippen LogP contribution in [0.25, 0.3) is 12.2 Å². The summed E-state index contributed by atoms with van der Waals surface area (Å²) in [5, 5.41) is 5.84. The molecule has 1 rings (SSSR count). The minimum absolute atomic E-state index is 0.790. The first-order valence-electron chi connectivity index (χ1n) is 15.6. The molecule has 2 heteroatoms. The Bertz CT molecular complexity index is 1500. The van der Waals surface area contributed by atoms with Gasteiger partial charge in [-0.1, -0.05) is 123 Å². The van der Waals surface area contributed by atoms with Crippen molar-refractivity contribution >= 4 is 17.8 Å².